The summed E-state index contributed by atoms with van der Waals surface area (Å²) in [5.41, 5.74) is -3.09. The van der Waals surface area contributed by atoms with Crippen LogP contribution in [0.1, 0.15) is 30.9 Å². The highest BCUT2D eigenvalue weighted by molar-refractivity contribution is 7.99. The van der Waals surface area contributed by atoms with E-state index in [-0.39, 0.29) is 58.5 Å². The molecule has 2 aliphatic rings. The van der Waals surface area contributed by atoms with Gasteiger partial charge in [0, 0.05) is 77.1 Å². The van der Waals surface area contributed by atoms with Gasteiger partial charge < -0.3 is 9.80 Å². The fourth-order valence-corrected chi connectivity index (χ4v) is 8.08. The molecule has 7 nitrogen and oxygen atoms in total. The van der Waals surface area contributed by atoms with Crippen LogP contribution in [0.2, 0.25) is 5.02 Å². The van der Waals surface area contributed by atoms with Gasteiger partial charge in [-0.3, -0.25) is 14.3 Å². The Hall–Kier alpha value is -4.04. The Morgan fingerprint density at radius 2 is 1.77 bits per heavy atom. The third-order valence-corrected chi connectivity index (χ3v) is 10.1. The summed E-state index contributed by atoms with van der Waals surface area (Å²) in [6.07, 6.45) is -1.51. The molecule has 4 aromatic rings. The lowest BCUT2D eigenvalue weighted by Crippen LogP contribution is -2.58. The molecular weight excluding hydrogens is 668 g/mol. The van der Waals surface area contributed by atoms with Gasteiger partial charge in [0.15, 0.2) is 0 Å². The van der Waals surface area contributed by atoms with E-state index in [2.05, 4.69) is 16.5 Å². The summed E-state index contributed by atoms with van der Waals surface area (Å²) in [5.74, 6) is -4.20. The van der Waals surface area contributed by atoms with Crippen LogP contribution in [0.4, 0.5) is 32.2 Å². The van der Waals surface area contributed by atoms with Crippen molar-refractivity contribution < 1.29 is 31.1 Å². The Morgan fingerprint density at radius 1 is 1.06 bits per heavy atom. The summed E-state index contributed by atoms with van der Waals surface area (Å²) in [6.45, 7) is 7.17. The van der Waals surface area contributed by atoms with Gasteiger partial charge in [-0.15, -0.1) is 11.8 Å². The van der Waals surface area contributed by atoms with E-state index in [1.165, 1.54) is 22.9 Å². The number of halogens is 7. The van der Waals surface area contributed by atoms with Crippen LogP contribution < -0.4 is 10.6 Å². The first-order valence-corrected chi connectivity index (χ1v) is 15.8. The van der Waals surface area contributed by atoms with E-state index in [1.807, 2.05) is 0 Å². The number of pyridine rings is 1. The maximum atomic E-state index is 15.4. The van der Waals surface area contributed by atoms with E-state index >= 15 is 17.6 Å². The van der Waals surface area contributed by atoms with Crippen LogP contribution in [-0.2, 0) is 17.5 Å². The van der Waals surface area contributed by atoms with E-state index in [9.17, 15) is 18.4 Å². The molecule has 1 fully saturated rings. The molecule has 15 heteroatoms. The van der Waals surface area contributed by atoms with Crippen molar-refractivity contribution in [1.29, 1.82) is 0 Å². The van der Waals surface area contributed by atoms with Crippen LogP contribution in [0.5, 0.6) is 0 Å². The Bertz CT molecular complexity index is 1990. The zero-order valence-corrected chi connectivity index (χ0v) is 26.5. The van der Waals surface area contributed by atoms with Gasteiger partial charge in [0.1, 0.15) is 23.3 Å². The van der Waals surface area contributed by atoms with Crippen molar-refractivity contribution in [3.8, 4) is 11.1 Å². The quantitative estimate of drug-likeness (QED) is 0.130. The van der Waals surface area contributed by atoms with Crippen LogP contribution in [0.25, 0.3) is 22.0 Å². The van der Waals surface area contributed by atoms with Crippen molar-refractivity contribution in [1.82, 2.24) is 19.4 Å². The monoisotopic (exact) mass is 693 g/mol. The Labute approximate surface area is 273 Å². The average Bonchev–Trinajstić information content (AvgIpc) is 3.21. The van der Waals surface area contributed by atoms with Gasteiger partial charge in [0.25, 0.3) is 0 Å². The third-order valence-electron chi connectivity index (χ3n) is 8.51. The lowest BCUT2D eigenvalue weighted by atomic mass is 9.95. The molecule has 0 spiro atoms. The fraction of sp³-hybridized carbons (Fsp3) is 0.312. The first-order valence-electron chi connectivity index (χ1n) is 14.5. The predicted molar refractivity (Wildman–Crippen MR) is 167 cm³/mol. The molecule has 4 heterocycles. The van der Waals surface area contributed by atoms with Crippen LogP contribution in [-0.4, -0.2) is 56.3 Å². The van der Waals surface area contributed by atoms with Gasteiger partial charge in [-0.05, 0) is 43.7 Å². The van der Waals surface area contributed by atoms with Gasteiger partial charge in [0.05, 0.1) is 22.3 Å². The summed E-state index contributed by atoms with van der Waals surface area (Å²) in [7, 11) is 0. The number of carbonyl (C=O) groups excluding carboxylic acids is 1. The number of nitrogens with zero attached hydrogens (tertiary/aromatic N) is 5. The van der Waals surface area contributed by atoms with Gasteiger partial charge in [0.2, 0.25) is 5.91 Å². The van der Waals surface area contributed by atoms with Crippen molar-refractivity contribution in [2.24, 2.45) is 0 Å². The number of alkyl halides is 3. The molecule has 2 aromatic carbocycles. The largest absolute Gasteiger partial charge is 0.417 e. The van der Waals surface area contributed by atoms with Crippen molar-refractivity contribution >= 4 is 46.0 Å². The second-order valence-electron chi connectivity index (χ2n) is 11.6. The van der Waals surface area contributed by atoms with Crippen molar-refractivity contribution in [2.75, 3.05) is 23.7 Å². The number of piperazine rings is 1. The second kappa shape index (κ2) is 12.2. The maximum absolute atomic E-state index is 15.4. The van der Waals surface area contributed by atoms with E-state index in [1.54, 1.807) is 23.6 Å². The van der Waals surface area contributed by atoms with E-state index in [4.69, 9.17) is 11.6 Å². The summed E-state index contributed by atoms with van der Waals surface area (Å²) in [5, 5.41) is -0.643. The van der Waals surface area contributed by atoms with Gasteiger partial charge in [-0.25, -0.2) is 18.0 Å². The van der Waals surface area contributed by atoms with Crippen LogP contribution >= 0.6 is 23.4 Å². The molecule has 0 saturated carbocycles. The molecule has 2 aromatic heterocycles. The number of carbonyl (C=O) groups is 1. The summed E-state index contributed by atoms with van der Waals surface area (Å²) >= 11 is 6.85. The Morgan fingerprint density at radius 3 is 2.40 bits per heavy atom. The minimum absolute atomic E-state index is 0.00620. The fourth-order valence-electron chi connectivity index (χ4n) is 6.55. The predicted octanol–water partition coefficient (Wildman–Crippen LogP) is 7.05. The molecule has 246 valence electrons. The zero-order valence-electron chi connectivity index (χ0n) is 24.9. The topological polar surface area (TPSA) is 71.3 Å². The maximum Gasteiger partial charge on any atom is 0.417 e. The molecule has 2 aliphatic heterocycles. The highest BCUT2D eigenvalue weighted by Gasteiger charge is 2.40. The molecule has 6 rings (SSSR count). The number of benzene rings is 2. The molecule has 3 atom stereocenters. The van der Waals surface area contributed by atoms with E-state index in [0.717, 1.165) is 30.1 Å². The summed E-state index contributed by atoms with van der Waals surface area (Å²) in [4.78, 5) is 37.6. The molecule has 0 aliphatic carbocycles. The van der Waals surface area contributed by atoms with Crippen LogP contribution in [0, 0.1) is 17.5 Å². The molecule has 0 radical (unpaired) electrons. The van der Waals surface area contributed by atoms with Crippen molar-refractivity contribution in [3.63, 3.8) is 0 Å². The Balaban J connectivity index is 1.67. The number of hydrogen-bond acceptors (Lipinski definition) is 6. The number of rotatable bonds is 4. The zero-order chi connectivity index (χ0) is 33.9. The highest BCUT2D eigenvalue weighted by Crippen LogP contribution is 2.50. The minimum atomic E-state index is -5.05. The number of hydrogen-bond donors (Lipinski definition) is 0. The first-order chi connectivity index (χ1) is 22.2. The van der Waals surface area contributed by atoms with Crippen molar-refractivity contribution in [2.45, 2.75) is 49.5 Å². The third kappa shape index (κ3) is 5.75. The van der Waals surface area contributed by atoms with Gasteiger partial charge >= 0.3 is 11.9 Å². The first kappa shape index (κ1) is 32.9. The molecule has 0 unspecified atom stereocenters. The van der Waals surface area contributed by atoms with E-state index < -0.39 is 69.0 Å². The SMILES string of the molecule is C=CC(=O)N1[C@H](C)CN(c2nc(=O)n3c4c(c(-c5cc(Cl)c(F)cc5F)c(C(F)(F)F)cc24)SC[C@H](c2ccncc2F)C3)C[C@@H]1C. The van der Waals surface area contributed by atoms with Crippen LogP contribution in [0.3, 0.4) is 0 Å². The molecular formula is C32H26ClF6N5O2S. The van der Waals surface area contributed by atoms with E-state index in [0.29, 0.717) is 6.07 Å². The van der Waals surface area contributed by atoms with Crippen molar-refractivity contribution in [3.05, 3.63) is 93.4 Å². The Kier molecular flexibility index (Phi) is 8.54. The normalized spacial score (nSPS) is 20.0. The molecule has 1 saturated heterocycles. The number of anilines is 1. The lowest BCUT2D eigenvalue weighted by Gasteiger charge is -2.44. The smallest absolute Gasteiger partial charge is 0.352 e. The minimum Gasteiger partial charge on any atom is -0.352 e. The molecule has 47 heavy (non-hydrogen) atoms. The summed E-state index contributed by atoms with van der Waals surface area (Å²) in [6, 6.07) is 2.58. The van der Waals surface area contributed by atoms with Gasteiger partial charge in [-0.1, -0.05) is 18.2 Å². The molecule has 0 bridgehead atoms. The van der Waals surface area contributed by atoms with Gasteiger partial charge in [-0.2, -0.15) is 18.2 Å². The summed E-state index contributed by atoms with van der Waals surface area (Å²) < 4.78 is 90.8. The lowest BCUT2D eigenvalue weighted by molar-refractivity contribution is -0.137. The number of aromatic nitrogens is 3. The number of thioether (sulfide) groups is 1. The van der Waals surface area contributed by atoms with Crippen LogP contribution in [0.15, 0.2) is 59.0 Å². The second-order valence-corrected chi connectivity index (χ2v) is 13.0. The molecule has 0 N–H and O–H groups in total. The highest BCUT2D eigenvalue weighted by atomic mass is 35.5. The number of amides is 1. The molecule has 1 amide bonds. The average molecular weight is 694 g/mol. The standard InChI is InChI=1S/C32H26ClF6N5O2S/c1-4-26(45)44-15(2)11-42(12-16(44)3)30-20-7-21(32(37,38)39)27(19-8-22(33)24(35)9-23(19)34)29-28(20)43(31(46)41-30)13-17(14-47-29)18-5-6-40-10-25(18)36/h4-10,15-17H,1,11-14H2,2-3H3/t15-,16+,17-/m1/s1.